The summed E-state index contributed by atoms with van der Waals surface area (Å²) in [5, 5.41) is 3.36. The molecule has 2 aromatic rings. The Balaban J connectivity index is 1.82. The van der Waals surface area contributed by atoms with Crippen molar-refractivity contribution in [2.24, 2.45) is 11.7 Å². The smallest absolute Gasteiger partial charge is 0.251 e. The summed E-state index contributed by atoms with van der Waals surface area (Å²) >= 11 is 4.86. The fraction of sp³-hybridized carbons (Fsp3) is 0.300. The zero-order valence-electron chi connectivity index (χ0n) is 15.2. The van der Waals surface area contributed by atoms with Gasteiger partial charge in [-0.3, -0.25) is 9.59 Å². The Bertz CT molecular complexity index is 920. The summed E-state index contributed by atoms with van der Waals surface area (Å²) < 4.78 is 6.19. The Morgan fingerprint density at radius 3 is 2.89 bits per heavy atom. The molecule has 0 radical (unpaired) electrons. The molecule has 0 fully saturated rings. The van der Waals surface area contributed by atoms with Crippen LogP contribution in [0.3, 0.4) is 0 Å². The van der Waals surface area contributed by atoms with E-state index >= 15 is 0 Å². The second-order valence-corrected chi connectivity index (χ2v) is 8.65. The number of hydrogen-bond donors (Lipinski definition) is 2. The van der Waals surface area contributed by atoms with Crippen molar-refractivity contribution in [3.63, 3.8) is 0 Å². The Morgan fingerprint density at radius 1 is 1.41 bits per heavy atom. The molecule has 1 aromatic carbocycles. The number of halogens is 1. The maximum atomic E-state index is 12.4. The highest BCUT2D eigenvalue weighted by molar-refractivity contribution is 9.10. The van der Waals surface area contributed by atoms with Gasteiger partial charge in [-0.15, -0.1) is 11.3 Å². The van der Waals surface area contributed by atoms with Crippen LogP contribution in [-0.2, 0) is 17.6 Å². The topological polar surface area (TPSA) is 81.4 Å². The number of fused-ring (bicyclic) bond motifs is 1. The first-order chi connectivity index (χ1) is 12.9. The van der Waals surface area contributed by atoms with Gasteiger partial charge < -0.3 is 15.8 Å². The third kappa shape index (κ3) is 4.42. The average Bonchev–Trinajstić information content (AvgIpc) is 2.97. The van der Waals surface area contributed by atoms with Crippen molar-refractivity contribution >= 4 is 50.2 Å². The van der Waals surface area contributed by atoms with Gasteiger partial charge in [0, 0.05) is 21.0 Å². The summed E-state index contributed by atoms with van der Waals surface area (Å²) in [4.78, 5) is 25.5. The standard InChI is InChI=1S/C20H21BrN2O3S/c1-11-3-6-14-16(9-11)27-20(18(14)19(22)25)23-17(24)8-4-12-10-13(21)5-7-15(12)26-2/h4-5,7-8,10-11H,3,6,9H2,1-2H3,(H2,22,25)(H,23,24)/b8-4+/t11-/m0/s1. The number of benzene rings is 1. The minimum absolute atomic E-state index is 0.314. The van der Waals surface area contributed by atoms with Crippen LogP contribution in [0.4, 0.5) is 5.00 Å². The van der Waals surface area contributed by atoms with Crippen molar-refractivity contribution in [2.75, 3.05) is 12.4 Å². The van der Waals surface area contributed by atoms with Crippen molar-refractivity contribution in [3.8, 4) is 5.75 Å². The van der Waals surface area contributed by atoms with E-state index in [4.69, 9.17) is 10.5 Å². The molecule has 3 N–H and O–H groups in total. The first-order valence-electron chi connectivity index (χ1n) is 8.66. The molecule has 27 heavy (non-hydrogen) atoms. The highest BCUT2D eigenvalue weighted by Gasteiger charge is 2.26. The summed E-state index contributed by atoms with van der Waals surface area (Å²) in [7, 11) is 1.58. The normalized spacial score (nSPS) is 16.2. The van der Waals surface area contributed by atoms with Gasteiger partial charge in [0.25, 0.3) is 5.91 Å². The number of carbonyl (C=O) groups is 2. The number of rotatable bonds is 5. The zero-order chi connectivity index (χ0) is 19.6. The maximum absolute atomic E-state index is 12.4. The van der Waals surface area contributed by atoms with Crippen LogP contribution in [0, 0.1) is 5.92 Å². The molecule has 142 valence electrons. The largest absolute Gasteiger partial charge is 0.496 e. The summed E-state index contributed by atoms with van der Waals surface area (Å²) in [5.74, 6) is 0.436. The lowest BCUT2D eigenvalue weighted by Crippen LogP contribution is -2.18. The SMILES string of the molecule is COc1ccc(Br)cc1/C=C/C(=O)Nc1sc2c(c1C(N)=O)CC[C@H](C)C2. The molecule has 0 bridgehead atoms. The van der Waals surface area contributed by atoms with E-state index in [1.54, 1.807) is 13.2 Å². The quantitative estimate of drug-likeness (QED) is 0.665. The second kappa shape index (κ2) is 8.27. The molecule has 7 heteroatoms. The summed E-state index contributed by atoms with van der Waals surface area (Å²) in [6, 6.07) is 5.55. The molecule has 1 heterocycles. The number of primary amides is 1. The number of ether oxygens (including phenoxy) is 1. The molecule has 1 aromatic heterocycles. The number of nitrogens with one attached hydrogen (secondary N) is 1. The third-order valence-electron chi connectivity index (χ3n) is 4.60. The number of amides is 2. The lowest BCUT2D eigenvalue weighted by Gasteiger charge is -2.18. The van der Waals surface area contributed by atoms with Crippen LogP contribution < -0.4 is 15.8 Å². The van der Waals surface area contributed by atoms with E-state index in [2.05, 4.69) is 28.2 Å². The number of hydrogen-bond acceptors (Lipinski definition) is 4. The number of anilines is 1. The van der Waals surface area contributed by atoms with Gasteiger partial charge in [0.1, 0.15) is 10.8 Å². The van der Waals surface area contributed by atoms with Crippen LogP contribution >= 0.6 is 27.3 Å². The van der Waals surface area contributed by atoms with Gasteiger partial charge in [-0.2, -0.15) is 0 Å². The predicted octanol–water partition coefficient (Wildman–Crippen LogP) is 4.39. The van der Waals surface area contributed by atoms with Gasteiger partial charge in [-0.05, 0) is 55.0 Å². The number of carbonyl (C=O) groups excluding carboxylic acids is 2. The molecule has 2 amide bonds. The zero-order valence-corrected chi connectivity index (χ0v) is 17.6. The Morgan fingerprint density at radius 2 is 2.19 bits per heavy atom. The Labute approximate surface area is 170 Å². The van der Waals surface area contributed by atoms with E-state index in [9.17, 15) is 9.59 Å². The molecule has 0 unspecified atom stereocenters. The molecule has 3 rings (SSSR count). The number of nitrogens with two attached hydrogens (primary N) is 1. The van der Waals surface area contributed by atoms with Gasteiger partial charge in [-0.1, -0.05) is 22.9 Å². The maximum Gasteiger partial charge on any atom is 0.251 e. The number of methoxy groups -OCH3 is 1. The summed E-state index contributed by atoms with van der Waals surface area (Å²) in [6.45, 7) is 2.19. The van der Waals surface area contributed by atoms with E-state index in [0.717, 1.165) is 39.7 Å². The van der Waals surface area contributed by atoms with Crippen LogP contribution in [0.15, 0.2) is 28.7 Å². The van der Waals surface area contributed by atoms with E-state index in [1.165, 1.54) is 17.4 Å². The highest BCUT2D eigenvalue weighted by Crippen LogP contribution is 2.39. The predicted molar refractivity (Wildman–Crippen MR) is 112 cm³/mol. The molecular weight excluding hydrogens is 428 g/mol. The second-order valence-electron chi connectivity index (χ2n) is 6.63. The average molecular weight is 449 g/mol. The molecule has 0 saturated heterocycles. The minimum atomic E-state index is -0.491. The molecule has 1 atom stereocenters. The van der Waals surface area contributed by atoms with Gasteiger partial charge in [0.2, 0.25) is 5.91 Å². The number of thiophene rings is 1. The van der Waals surface area contributed by atoms with Crippen molar-refractivity contribution < 1.29 is 14.3 Å². The van der Waals surface area contributed by atoms with Gasteiger partial charge in [-0.25, -0.2) is 0 Å². The Hall–Kier alpha value is -2.12. The van der Waals surface area contributed by atoms with E-state index in [1.807, 2.05) is 18.2 Å². The minimum Gasteiger partial charge on any atom is -0.496 e. The van der Waals surface area contributed by atoms with Crippen LogP contribution in [0.2, 0.25) is 0 Å². The lowest BCUT2D eigenvalue weighted by molar-refractivity contribution is -0.111. The molecule has 0 saturated carbocycles. The van der Waals surface area contributed by atoms with Crippen molar-refractivity contribution in [2.45, 2.75) is 26.2 Å². The van der Waals surface area contributed by atoms with Crippen molar-refractivity contribution in [1.29, 1.82) is 0 Å². The highest BCUT2D eigenvalue weighted by atomic mass is 79.9. The molecule has 5 nitrogen and oxygen atoms in total. The van der Waals surface area contributed by atoms with Gasteiger partial charge >= 0.3 is 0 Å². The monoisotopic (exact) mass is 448 g/mol. The van der Waals surface area contributed by atoms with Crippen LogP contribution in [-0.4, -0.2) is 18.9 Å². The van der Waals surface area contributed by atoms with Crippen LogP contribution in [0.1, 0.15) is 39.7 Å². The van der Waals surface area contributed by atoms with Crippen LogP contribution in [0.5, 0.6) is 5.75 Å². The molecule has 1 aliphatic rings. The molecular formula is C20H21BrN2O3S. The molecule has 0 aliphatic heterocycles. The van der Waals surface area contributed by atoms with E-state index in [0.29, 0.717) is 22.2 Å². The van der Waals surface area contributed by atoms with Crippen LogP contribution in [0.25, 0.3) is 6.08 Å². The van der Waals surface area contributed by atoms with Gasteiger partial charge in [0.15, 0.2) is 0 Å². The van der Waals surface area contributed by atoms with E-state index < -0.39 is 5.91 Å². The Kier molecular flexibility index (Phi) is 6.01. The lowest BCUT2D eigenvalue weighted by atomic mass is 9.88. The summed E-state index contributed by atoms with van der Waals surface area (Å²) in [6.07, 6.45) is 5.88. The first-order valence-corrected chi connectivity index (χ1v) is 10.3. The fourth-order valence-corrected chi connectivity index (χ4v) is 5.05. The third-order valence-corrected chi connectivity index (χ3v) is 6.26. The molecule has 1 aliphatic carbocycles. The van der Waals surface area contributed by atoms with Crippen molar-refractivity contribution in [3.05, 3.63) is 50.3 Å². The van der Waals surface area contributed by atoms with Gasteiger partial charge in [0.05, 0.1) is 12.7 Å². The fourth-order valence-electron chi connectivity index (χ4n) is 3.25. The first kappa shape index (κ1) is 19.6. The van der Waals surface area contributed by atoms with Crippen molar-refractivity contribution in [1.82, 2.24) is 0 Å². The molecule has 0 spiro atoms. The summed E-state index contributed by atoms with van der Waals surface area (Å²) in [5.41, 5.74) is 7.82. The van der Waals surface area contributed by atoms with E-state index in [-0.39, 0.29) is 5.91 Å².